The number of ether oxygens (including phenoxy) is 1. The van der Waals surface area contributed by atoms with Gasteiger partial charge in [0.25, 0.3) is 0 Å². The van der Waals surface area contributed by atoms with Gasteiger partial charge in [-0.05, 0) is 35.1 Å². The van der Waals surface area contributed by atoms with E-state index in [2.05, 4.69) is 29.5 Å². The van der Waals surface area contributed by atoms with E-state index in [9.17, 15) is 4.79 Å². The number of aromatic nitrogens is 1. The maximum absolute atomic E-state index is 11.9. The molecule has 0 bridgehead atoms. The Labute approximate surface area is 114 Å². The van der Waals surface area contributed by atoms with Gasteiger partial charge < -0.3 is 4.74 Å². The average Bonchev–Trinajstić information content (AvgIpc) is 2.68. The Hall–Kier alpha value is -1.04. The van der Waals surface area contributed by atoms with E-state index in [-0.39, 0.29) is 6.09 Å². The van der Waals surface area contributed by atoms with Crippen LogP contribution in [0.25, 0.3) is 10.9 Å². The van der Waals surface area contributed by atoms with Gasteiger partial charge in [-0.15, -0.1) is 0 Å². The van der Waals surface area contributed by atoms with Crippen molar-refractivity contribution in [1.82, 2.24) is 4.57 Å². The molecule has 0 spiro atoms. The molecule has 1 heterocycles. The molecule has 17 heavy (non-hydrogen) atoms. The van der Waals surface area contributed by atoms with Crippen LogP contribution in [0.2, 0.25) is 0 Å². The highest BCUT2D eigenvalue weighted by Gasteiger charge is 2.12. The molecule has 0 aliphatic carbocycles. The number of para-hydroxylation sites is 1. The number of nitrogens with zero attached hydrogens (tertiary/aromatic N) is 1. The van der Waals surface area contributed by atoms with Crippen LogP contribution in [0.1, 0.15) is 19.8 Å². The number of benzene rings is 1. The predicted octanol–water partition coefficient (Wildman–Crippen LogP) is 4.03. The van der Waals surface area contributed by atoms with E-state index < -0.39 is 0 Å². The number of carbonyl (C=O) groups excluding carboxylic acids is 1. The summed E-state index contributed by atoms with van der Waals surface area (Å²) < 4.78 is 7.85. The van der Waals surface area contributed by atoms with Crippen LogP contribution in [-0.2, 0) is 4.74 Å². The Morgan fingerprint density at radius 1 is 1.41 bits per heavy atom. The van der Waals surface area contributed by atoms with Crippen LogP contribution in [0.5, 0.6) is 0 Å². The van der Waals surface area contributed by atoms with Crippen molar-refractivity contribution in [2.24, 2.45) is 0 Å². The molecule has 2 aromatic rings. The van der Waals surface area contributed by atoms with Gasteiger partial charge in [-0.1, -0.05) is 31.5 Å². The number of hydrogen-bond donors (Lipinski definition) is 0. The van der Waals surface area contributed by atoms with Gasteiger partial charge in [0.2, 0.25) is 0 Å². The van der Waals surface area contributed by atoms with Crippen LogP contribution in [-0.4, -0.2) is 17.3 Å². The molecule has 1 aromatic carbocycles. The molecule has 0 atom stereocenters. The van der Waals surface area contributed by atoms with Crippen molar-refractivity contribution in [3.8, 4) is 0 Å². The molecule has 0 N–H and O–H groups in total. The van der Waals surface area contributed by atoms with Crippen molar-refractivity contribution < 1.29 is 9.53 Å². The molecule has 2 rings (SSSR count). The fourth-order valence-electron chi connectivity index (χ4n) is 1.66. The highest BCUT2D eigenvalue weighted by atomic mass is 127. The lowest BCUT2D eigenvalue weighted by molar-refractivity contribution is 0.147. The number of fused-ring (bicyclic) bond motifs is 1. The summed E-state index contributed by atoms with van der Waals surface area (Å²) in [6, 6.07) is 7.83. The minimum atomic E-state index is -0.294. The molecular weight excluding hydrogens is 329 g/mol. The van der Waals surface area contributed by atoms with Crippen LogP contribution in [0, 0.1) is 3.57 Å². The summed E-state index contributed by atoms with van der Waals surface area (Å²) in [6.45, 7) is 2.56. The van der Waals surface area contributed by atoms with Crippen molar-refractivity contribution in [3.05, 3.63) is 34.0 Å². The standard InChI is InChI=1S/C13H14INO2/c1-2-3-8-17-13(16)15-9-11(14)10-6-4-5-7-12(10)15/h4-7,9H,2-3,8H2,1H3. The zero-order chi connectivity index (χ0) is 12.3. The zero-order valence-corrected chi connectivity index (χ0v) is 11.8. The summed E-state index contributed by atoms with van der Waals surface area (Å²) in [6.07, 6.45) is 3.45. The molecule has 3 nitrogen and oxygen atoms in total. The highest BCUT2D eigenvalue weighted by Crippen LogP contribution is 2.22. The first-order valence-electron chi connectivity index (χ1n) is 5.66. The minimum absolute atomic E-state index is 0.294. The van der Waals surface area contributed by atoms with Gasteiger partial charge in [-0.3, -0.25) is 4.57 Å². The Morgan fingerprint density at radius 2 is 2.18 bits per heavy atom. The Bertz CT molecular complexity index is 533. The van der Waals surface area contributed by atoms with E-state index in [1.165, 1.54) is 0 Å². The van der Waals surface area contributed by atoms with Crippen LogP contribution in [0.4, 0.5) is 4.79 Å². The Morgan fingerprint density at radius 3 is 2.94 bits per heavy atom. The van der Waals surface area contributed by atoms with Crippen molar-refractivity contribution in [1.29, 1.82) is 0 Å². The van der Waals surface area contributed by atoms with Gasteiger partial charge >= 0.3 is 6.09 Å². The molecule has 0 fully saturated rings. The average molecular weight is 343 g/mol. The largest absolute Gasteiger partial charge is 0.449 e. The summed E-state index contributed by atoms with van der Waals surface area (Å²) in [5.41, 5.74) is 0.901. The lowest BCUT2D eigenvalue weighted by Gasteiger charge is -2.05. The van der Waals surface area contributed by atoms with E-state index in [1.807, 2.05) is 30.5 Å². The van der Waals surface area contributed by atoms with E-state index >= 15 is 0 Å². The van der Waals surface area contributed by atoms with Crippen molar-refractivity contribution in [2.75, 3.05) is 6.61 Å². The number of hydrogen-bond acceptors (Lipinski definition) is 2. The summed E-state index contributed by atoms with van der Waals surface area (Å²) in [5.74, 6) is 0. The molecule has 90 valence electrons. The summed E-state index contributed by atoms with van der Waals surface area (Å²) in [7, 11) is 0. The zero-order valence-electron chi connectivity index (χ0n) is 9.65. The summed E-state index contributed by atoms with van der Waals surface area (Å²) in [5, 5.41) is 1.08. The summed E-state index contributed by atoms with van der Waals surface area (Å²) in [4.78, 5) is 11.9. The fourth-order valence-corrected chi connectivity index (χ4v) is 2.40. The quantitative estimate of drug-likeness (QED) is 0.622. The van der Waals surface area contributed by atoms with Gasteiger partial charge in [0, 0.05) is 15.2 Å². The van der Waals surface area contributed by atoms with Gasteiger partial charge in [-0.25, -0.2) is 4.79 Å². The monoisotopic (exact) mass is 343 g/mol. The molecule has 0 radical (unpaired) electrons. The molecule has 0 saturated heterocycles. The lowest BCUT2D eigenvalue weighted by atomic mass is 10.2. The minimum Gasteiger partial charge on any atom is -0.449 e. The smallest absolute Gasteiger partial charge is 0.418 e. The van der Waals surface area contributed by atoms with E-state index in [4.69, 9.17) is 4.74 Å². The van der Waals surface area contributed by atoms with Crippen molar-refractivity contribution in [2.45, 2.75) is 19.8 Å². The molecule has 1 aromatic heterocycles. The topological polar surface area (TPSA) is 31.2 Å². The molecule has 0 amide bonds. The molecule has 4 heteroatoms. The van der Waals surface area contributed by atoms with Crippen molar-refractivity contribution >= 4 is 39.6 Å². The maximum Gasteiger partial charge on any atom is 0.418 e. The third-order valence-electron chi connectivity index (χ3n) is 2.58. The van der Waals surface area contributed by atoms with E-state index in [0.717, 1.165) is 27.3 Å². The summed E-state index contributed by atoms with van der Waals surface area (Å²) >= 11 is 2.23. The second-order valence-corrected chi connectivity index (χ2v) is 4.99. The Kier molecular flexibility index (Phi) is 4.04. The number of unbranched alkanes of at least 4 members (excludes halogenated alkanes) is 1. The normalized spacial score (nSPS) is 10.7. The molecular formula is C13H14INO2. The van der Waals surface area contributed by atoms with E-state index in [0.29, 0.717) is 6.61 Å². The second-order valence-electron chi connectivity index (χ2n) is 3.83. The van der Waals surface area contributed by atoms with Crippen molar-refractivity contribution in [3.63, 3.8) is 0 Å². The SMILES string of the molecule is CCCCOC(=O)n1cc(I)c2ccccc21. The Balaban J connectivity index is 2.26. The van der Waals surface area contributed by atoms with Gasteiger partial charge in [0.05, 0.1) is 12.1 Å². The number of rotatable bonds is 3. The molecule has 0 aliphatic heterocycles. The first kappa shape index (κ1) is 12.4. The third kappa shape index (κ3) is 2.62. The number of halogens is 1. The van der Waals surface area contributed by atoms with Gasteiger partial charge in [0.15, 0.2) is 0 Å². The lowest BCUT2D eigenvalue weighted by Crippen LogP contribution is -2.13. The third-order valence-corrected chi connectivity index (χ3v) is 3.44. The second kappa shape index (κ2) is 5.53. The van der Waals surface area contributed by atoms with Gasteiger partial charge in [0.1, 0.15) is 0 Å². The van der Waals surface area contributed by atoms with Crippen LogP contribution < -0.4 is 0 Å². The van der Waals surface area contributed by atoms with Crippen LogP contribution >= 0.6 is 22.6 Å². The highest BCUT2D eigenvalue weighted by molar-refractivity contribution is 14.1. The molecule has 0 unspecified atom stereocenters. The predicted molar refractivity (Wildman–Crippen MR) is 76.3 cm³/mol. The maximum atomic E-state index is 11.9. The van der Waals surface area contributed by atoms with Crippen LogP contribution in [0.3, 0.4) is 0 Å². The first-order valence-corrected chi connectivity index (χ1v) is 6.74. The molecule has 0 aliphatic rings. The fraction of sp³-hybridized carbons (Fsp3) is 0.308. The van der Waals surface area contributed by atoms with E-state index in [1.54, 1.807) is 4.57 Å². The first-order chi connectivity index (χ1) is 8.24. The van der Waals surface area contributed by atoms with Gasteiger partial charge in [-0.2, -0.15) is 0 Å². The number of carbonyl (C=O) groups is 1. The van der Waals surface area contributed by atoms with Crippen LogP contribution in [0.15, 0.2) is 30.5 Å². The molecule has 0 saturated carbocycles.